The molecule has 7 aromatic carbocycles. The van der Waals surface area contributed by atoms with Crippen molar-refractivity contribution in [1.82, 2.24) is 5.32 Å². The Hall–Kier alpha value is -6.19. The van der Waals surface area contributed by atoms with Crippen molar-refractivity contribution in [2.75, 3.05) is 0 Å². The van der Waals surface area contributed by atoms with Crippen molar-refractivity contribution < 1.29 is 4.42 Å². The van der Waals surface area contributed by atoms with Gasteiger partial charge in [-0.25, -0.2) is 0 Å². The van der Waals surface area contributed by atoms with Crippen molar-refractivity contribution in [2.24, 2.45) is 4.99 Å². The number of benzene rings is 7. The molecule has 1 aliphatic carbocycles. The zero-order valence-corrected chi connectivity index (χ0v) is 26.1. The molecule has 0 saturated carbocycles. The van der Waals surface area contributed by atoms with E-state index in [0.29, 0.717) is 0 Å². The van der Waals surface area contributed by atoms with Crippen molar-refractivity contribution in [3.63, 3.8) is 0 Å². The second-order valence-corrected chi connectivity index (χ2v) is 12.7. The van der Waals surface area contributed by atoms with Crippen LogP contribution >= 0.6 is 0 Å². The van der Waals surface area contributed by atoms with Gasteiger partial charge in [-0.3, -0.25) is 4.99 Å². The third-order valence-electron chi connectivity index (χ3n) is 9.98. The first-order valence-corrected chi connectivity index (χ1v) is 16.5. The Balaban J connectivity index is 1.23. The van der Waals surface area contributed by atoms with Crippen LogP contribution in [0.3, 0.4) is 0 Å². The fourth-order valence-electron chi connectivity index (χ4n) is 7.85. The van der Waals surface area contributed by atoms with Gasteiger partial charge in [0.05, 0.1) is 5.71 Å². The van der Waals surface area contributed by atoms with E-state index >= 15 is 0 Å². The lowest BCUT2D eigenvalue weighted by atomic mass is 9.88. The average molecular weight is 615 g/mol. The van der Waals surface area contributed by atoms with Gasteiger partial charge in [0.2, 0.25) is 0 Å². The highest BCUT2D eigenvalue weighted by Gasteiger charge is 2.32. The molecule has 1 unspecified atom stereocenters. The molecule has 10 rings (SSSR count). The maximum absolute atomic E-state index is 7.17. The lowest BCUT2D eigenvalue weighted by molar-refractivity contribution is 0.621. The summed E-state index contributed by atoms with van der Waals surface area (Å²) < 4.78 is 7.17. The van der Waals surface area contributed by atoms with E-state index < -0.39 is 0 Å². The summed E-state index contributed by atoms with van der Waals surface area (Å²) in [5.41, 5.74) is 13.4. The van der Waals surface area contributed by atoms with Crippen LogP contribution in [0.2, 0.25) is 0 Å². The number of hydrogen-bond donors (Lipinski definition) is 1. The molecule has 2 heterocycles. The van der Waals surface area contributed by atoms with Gasteiger partial charge in [0.15, 0.2) is 0 Å². The zero-order chi connectivity index (χ0) is 31.6. The summed E-state index contributed by atoms with van der Waals surface area (Å²) >= 11 is 0. The van der Waals surface area contributed by atoms with E-state index in [4.69, 9.17) is 9.41 Å². The van der Waals surface area contributed by atoms with Crippen molar-refractivity contribution in [3.8, 4) is 11.1 Å². The molecule has 1 aromatic heterocycles. The number of nitrogens with zero attached hydrogens (tertiary/aromatic N) is 1. The smallest absolute Gasteiger partial charge is 0.149 e. The minimum Gasteiger partial charge on any atom is -0.455 e. The van der Waals surface area contributed by atoms with Gasteiger partial charge in [-0.2, -0.15) is 0 Å². The predicted octanol–water partition coefficient (Wildman–Crippen LogP) is 11.0. The van der Waals surface area contributed by atoms with E-state index in [9.17, 15) is 0 Å². The van der Waals surface area contributed by atoms with Crippen LogP contribution in [0.4, 0.5) is 0 Å². The summed E-state index contributed by atoms with van der Waals surface area (Å²) in [6, 6.07) is 56.1. The molecule has 0 spiro atoms. The fourth-order valence-corrected chi connectivity index (χ4v) is 7.85. The van der Waals surface area contributed by atoms with Gasteiger partial charge in [0, 0.05) is 33.5 Å². The van der Waals surface area contributed by atoms with Gasteiger partial charge in [-0.15, -0.1) is 0 Å². The number of rotatable bonds is 4. The molecule has 48 heavy (non-hydrogen) atoms. The first-order chi connectivity index (χ1) is 23.8. The van der Waals surface area contributed by atoms with Crippen LogP contribution in [0, 0.1) is 0 Å². The standard InChI is InChI=1S/C45H30N2O/c1-3-14-28(15-4-1)39-27-40(29-16-5-2-6-17-29)47-45(46-39)38-26-30-18-7-8-19-31(30)42-37-25-13-24-36(43(37)48-44(38)42)41-34-22-11-9-20-32(34)33-21-10-12-23-35(33)41/h1-27,41,45-46H. The topological polar surface area (TPSA) is 37.5 Å². The van der Waals surface area contributed by atoms with Gasteiger partial charge in [-0.05, 0) is 56.3 Å². The summed E-state index contributed by atoms with van der Waals surface area (Å²) in [6.45, 7) is 0. The van der Waals surface area contributed by atoms with Crippen LogP contribution < -0.4 is 5.32 Å². The van der Waals surface area contributed by atoms with Crippen LogP contribution in [-0.2, 0) is 0 Å². The van der Waals surface area contributed by atoms with Crippen LogP contribution in [0.15, 0.2) is 173 Å². The highest BCUT2D eigenvalue weighted by Crippen LogP contribution is 2.51. The first kappa shape index (κ1) is 27.0. The van der Waals surface area contributed by atoms with Gasteiger partial charge in [0.1, 0.15) is 17.3 Å². The highest BCUT2D eigenvalue weighted by atomic mass is 16.3. The molecule has 2 aliphatic rings. The lowest BCUT2D eigenvalue weighted by Crippen LogP contribution is -2.25. The van der Waals surface area contributed by atoms with E-state index in [2.05, 4.69) is 163 Å². The molecular formula is C45H30N2O. The number of allylic oxidation sites excluding steroid dienone is 1. The second kappa shape index (κ2) is 10.7. The third-order valence-corrected chi connectivity index (χ3v) is 9.98. The van der Waals surface area contributed by atoms with Crippen LogP contribution in [0.25, 0.3) is 49.5 Å². The number of furan rings is 1. The summed E-state index contributed by atoms with van der Waals surface area (Å²) in [5, 5.41) is 8.41. The molecule has 226 valence electrons. The summed E-state index contributed by atoms with van der Waals surface area (Å²) in [4.78, 5) is 5.35. The number of para-hydroxylation sites is 1. The molecule has 0 bridgehead atoms. The van der Waals surface area contributed by atoms with Crippen molar-refractivity contribution in [2.45, 2.75) is 12.1 Å². The number of fused-ring (bicyclic) bond motifs is 8. The Bertz CT molecular complexity index is 2550. The fraction of sp³-hybridized carbons (Fsp3) is 0.0444. The largest absolute Gasteiger partial charge is 0.455 e. The third kappa shape index (κ3) is 4.11. The van der Waals surface area contributed by atoms with Gasteiger partial charge < -0.3 is 9.73 Å². The second-order valence-electron chi connectivity index (χ2n) is 12.7. The molecule has 1 aliphatic heterocycles. The van der Waals surface area contributed by atoms with Gasteiger partial charge in [-0.1, -0.05) is 152 Å². The summed E-state index contributed by atoms with van der Waals surface area (Å²) in [7, 11) is 0. The lowest BCUT2D eigenvalue weighted by Gasteiger charge is -2.25. The zero-order valence-electron chi connectivity index (χ0n) is 26.1. The summed E-state index contributed by atoms with van der Waals surface area (Å²) in [6.07, 6.45) is 1.80. The quantitative estimate of drug-likeness (QED) is 0.214. The first-order valence-electron chi connectivity index (χ1n) is 16.5. The van der Waals surface area contributed by atoms with Crippen molar-refractivity contribution in [3.05, 3.63) is 197 Å². The van der Waals surface area contributed by atoms with E-state index in [1.807, 2.05) is 6.07 Å². The normalized spacial score (nSPS) is 15.6. The number of aliphatic imine (C=N–C) groups is 1. The highest BCUT2D eigenvalue weighted by molar-refractivity contribution is 6.21. The number of nitrogens with one attached hydrogen (secondary N) is 1. The van der Waals surface area contributed by atoms with E-state index in [1.54, 1.807) is 0 Å². The van der Waals surface area contributed by atoms with E-state index in [0.717, 1.165) is 50.0 Å². The minimum absolute atomic E-state index is 0.0829. The molecule has 0 fully saturated rings. The van der Waals surface area contributed by atoms with Gasteiger partial charge >= 0.3 is 0 Å². The molecular weight excluding hydrogens is 585 g/mol. The SMILES string of the molecule is C1=C(c2ccccc2)NC(c2cc3ccccc3c3c2oc2c(C4c5ccccc5-c5ccccc54)cccc23)N=C1c1ccccc1. The molecule has 3 nitrogen and oxygen atoms in total. The Kier molecular flexibility index (Phi) is 6.00. The summed E-state index contributed by atoms with van der Waals surface area (Å²) in [5.74, 6) is 0.0829. The molecule has 8 aromatic rings. The maximum atomic E-state index is 7.17. The monoisotopic (exact) mass is 614 g/mol. The van der Waals surface area contributed by atoms with Crippen LogP contribution in [-0.4, -0.2) is 5.71 Å². The van der Waals surface area contributed by atoms with Gasteiger partial charge in [0.25, 0.3) is 0 Å². The Morgan fingerprint density at radius 1 is 0.500 bits per heavy atom. The van der Waals surface area contributed by atoms with Crippen LogP contribution in [0.1, 0.15) is 45.5 Å². The Morgan fingerprint density at radius 3 is 1.85 bits per heavy atom. The Labute approximate surface area is 278 Å². The van der Waals surface area contributed by atoms with E-state index in [-0.39, 0.29) is 12.1 Å². The molecule has 1 N–H and O–H groups in total. The number of hydrogen-bond acceptors (Lipinski definition) is 3. The Morgan fingerprint density at radius 2 is 1.10 bits per heavy atom. The van der Waals surface area contributed by atoms with Crippen LogP contribution in [0.5, 0.6) is 0 Å². The molecule has 3 heteroatoms. The molecule has 1 atom stereocenters. The maximum Gasteiger partial charge on any atom is 0.149 e. The van der Waals surface area contributed by atoms with E-state index in [1.165, 1.54) is 38.6 Å². The minimum atomic E-state index is -0.357. The molecule has 0 saturated heterocycles. The molecule has 0 radical (unpaired) electrons. The average Bonchev–Trinajstić information content (AvgIpc) is 3.72. The predicted molar refractivity (Wildman–Crippen MR) is 197 cm³/mol. The van der Waals surface area contributed by atoms with Crippen molar-refractivity contribution in [1.29, 1.82) is 0 Å². The molecule has 0 amide bonds. The van der Waals surface area contributed by atoms with Crippen molar-refractivity contribution >= 4 is 44.1 Å².